The molecule has 104 valence electrons. The van der Waals surface area contributed by atoms with E-state index in [1.165, 1.54) is 0 Å². The van der Waals surface area contributed by atoms with Gasteiger partial charge in [-0.2, -0.15) is 0 Å². The third-order valence-corrected chi connectivity index (χ3v) is 3.28. The van der Waals surface area contributed by atoms with Gasteiger partial charge in [0, 0.05) is 52.0 Å². The van der Waals surface area contributed by atoms with E-state index < -0.39 is 6.09 Å². The second kappa shape index (κ2) is 7.06. The summed E-state index contributed by atoms with van der Waals surface area (Å²) >= 11 is 0. The number of pyridine rings is 1. The maximum atomic E-state index is 10.4. The van der Waals surface area contributed by atoms with Gasteiger partial charge >= 0.3 is 6.09 Å². The molecule has 0 radical (unpaired) electrons. The summed E-state index contributed by atoms with van der Waals surface area (Å²) in [7, 11) is 0. The lowest BCUT2D eigenvalue weighted by molar-refractivity contribution is 0.126. The second-order valence-corrected chi connectivity index (χ2v) is 4.67. The Bertz CT molecular complexity index is 391. The van der Waals surface area contributed by atoms with Crippen LogP contribution in [0.4, 0.5) is 4.79 Å². The van der Waals surface area contributed by atoms with Gasteiger partial charge in [-0.25, -0.2) is 4.79 Å². The third-order valence-electron chi connectivity index (χ3n) is 3.28. The number of amides is 1. The van der Waals surface area contributed by atoms with Gasteiger partial charge in [-0.3, -0.25) is 14.8 Å². The predicted molar refractivity (Wildman–Crippen MR) is 72.0 cm³/mol. The average molecular weight is 264 g/mol. The number of piperazine rings is 1. The SMILES string of the molecule is O=C(O)NCCN1CCN(Cc2ccccn2)CC1. The monoisotopic (exact) mass is 264 g/mol. The average Bonchev–Trinajstić information content (AvgIpc) is 2.42. The lowest BCUT2D eigenvalue weighted by atomic mass is 10.2. The molecule has 1 aromatic heterocycles. The molecule has 1 aliphatic rings. The summed E-state index contributed by atoms with van der Waals surface area (Å²) in [5, 5.41) is 10.9. The van der Waals surface area contributed by atoms with Crippen LogP contribution in [0.2, 0.25) is 0 Å². The summed E-state index contributed by atoms with van der Waals surface area (Å²) in [6.07, 6.45) is 0.872. The molecule has 1 saturated heterocycles. The van der Waals surface area contributed by atoms with E-state index in [1.807, 2.05) is 24.4 Å². The zero-order chi connectivity index (χ0) is 13.5. The number of nitrogens with zero attached hydrogens (tertiary/aromatic N) is 3. The lowest BCUT2D eigenvalue weighted by Gasteiger charge is -2.34. The Hall–Kier alpha value is -1.66. The van der Waals surface area contributed by atoms with Crippen LogP contribution in [0.3, 0.4) is 0 Å². The molecule has 0 unspecified atom stereocenters. The van der Waals surface area contributed by atoms with Crippen molar-refractivity contribution in [3.8, 4) is 0 Å². The Kier molecular flexibility index (Phi) is 5.11. The normalized spacial score (nSPS) is 17.3. The molecular formula is C13H20N4O2. The minimum absolute atomic E-state index is 0.496. The second-order valence-electron chi connectivity index (χ2n) is 4.67. The number of nitrogens with one attached hydrogen (secondary N) is 1. The van der Waals surface area contributed by atoms with E-state index in [1.54, 1.807) is 0 Å². The van der Waals surface area contributed by atoms with Crippen molar-refractivity contribution in [3.63, 3.8) is 0 Å². The molecule has 0 saturated carbocycles. The smallest absolute Gasteiger partial charge is 0.404 e. The molecule has 1 amide bonds. The predicted octanol–water partition coefficient (Wildman–Crippen LogP) is 0.467. The first kappa shape index (κ1) is 13.8. The topological polar surface area (TPSA) is 68.7 Å². The highest BCUT2D eigenvalue weighted by molar-refractivity contribution is 5.64. The van der Waals surface area contributed by atoms with E-state index in [9.17, 15) is 4.79 Å². The standard InChI is InChI=1S/C13H20N4O2/c18-13(19)15-5-6-16-7-9-17(10-8-16)11-12-3-1-2-4-14-12/h1-4,15H,5-11H2,(H,18,19). The Morgan fingerprint density at radius 2 is 2.00 bits per heavy atom. The molecule has 6 nitrogen and oxygen atoms in total. The number of aromatic nitrogens is 1. The van der Waals surface area contributed by atoms with E-state index in [0.717, 1.165) is 45.0 Å². The van der Waals surface area contributed by atoms with Crippen molar-refractivity contribution < 1.29 is 9.90 Å². The van der Waals surface area contributed by atoms with Crippen molar-refractivity contribution in [2.45, 2.75) is 6.54 Å². The van der Waals surface area contributed by atoms with Crippen LogP contribution >= 0.6 is 0 Å². The lowest BCUT2D eigenvalue weighted by Crippen LogP contribution is -2.48. The van der Waals surface area contributed by atoms with E-state index in [-0.39, 0.29) is 0 Å². The summed E-state index contributed by atoms with van der Waals surface area (Å²) in [6.45, 7) is 6.14. The molecule has 0 bridgehead atoms. The fourth-order valence-corrected chi connectivity index (χ4v) is 2.21. The molecule has 1 fully saturated rings. The molecule has 2 N–H and O–H groups in total. The van der Waals surface area contributed by atoms with Gasteiger partial charge in [0.15, 0.2) is 0 Å². The Balaban J connectivity index is 1.66. The van der Waals surface area contributed by atoms with Crippen molar-refractivity contribution in [1.29, 1.82) is 0 Å². The minimum atomic E-state index is -0.950. The maximum absolute atomic E-state index is 10.4. The summed E-state index contributed by atoms with van der Waals surface area (Å²) in [6, 6.07) is 5.98. The van der Waals surface area contributed by atoms with Gasteiger partial charge in [0.05, 0.1) is 5.69 Å². The van der Waals surface area contributed by atoms with Gasteiger partial charge in [0.1, 0.15) is 0 Å². The van der Waals surface area contributed by atoms with Crippen LogP contribution in [0.25, 0.3) is 0 Å². The fourth-order valence-electron chi connectivity index (χ4n) is 2.21. The Morgan fingerprint density at radius 3 is 2.63 bits per heavy atom. The van der Waals surface area contributed by atoms with Crippen molar-refractivity contribution >= 4 is 6.09 Å². The quantitative estimate of drug-likeness (QED) is 0.809. The molecule has 19 heavy (non-hydrogen) atoms. The molecule has 0 atom stereocenters. The van der Waals surface area contributed by atoms with Crippen LogP contribution < -0.4 is 5.32 Å². The molecule has 2 heterocycles. The first-order valence-corrected chi connectivity index (χ1v) is 6.55. The zero-order valence-corrected chi connectivity index (χ0v) is 11.0. The summed E-state index contributed by atoms with van der Waals surface area (Å²) in [4.78, 5) is 19.3. The minimum Gasteiger partial charge on any atom is -0.465 e. The van der Waals surface area contributed by atoms with E-state index in [4.69, 9.17) is 5.11 Å². The molecule has 0 aliphatic carbocycles. The van der Waals surface area contributed by atoms with Gasteiger partial charge in [-0.05, 0) is 12.1 Å². The number of hydrogen-bond donors (Lipinski definition) is 2. The van der Waals surface area contributed by atoms with E-state index in [2.05, 4.69) is 20.1 Å². The van der Waals surface area contributed by atoms with Crippen molar-refractivity contribution in [2.24, 2.45) is 0 Å². The first-order valence-electron chi connectivity index (χ1n) is 6.55. The number of hydrogen-bond acceptors (Lipinski definition) is 4. The van der Waals surface area contributed by atoms with Gasteiger partial charge in [-0.1, -0.05) is 6.07 Å². The van der Waals surface area contributed by atoms with Gasteiger partial charge in [0.25, 0.3) is 0 Å². The van der Waals surface area contributed by atoms with E-state index in [0.29, 0.717) is 6.54 Å². The molecule has 1 aliphatic heterocycles. The van der Waals surface area contributed by atoms with Crippen LogP contribution in [0, 0.1) is 0 Å². The molecule has 6 heteroatoms. The molecule has 2 rings (SSSR count). The first-order chi connectivity index (χ1) is 9.24. The number of carbonyl (C=O) groups is 1. The number of rotatable bonds is 5. The molecule has 0 spiro atoms. The van der Waals surface area contributed by atoms with Gasteiger partial charge in [-0.15, -0.1) is 0 Å². The van der Waals surface area contributed by atoms with E-state index >= 15 is 0 Å². The highest BCUT2D eigenvalue weighted by Gasteiger charge is 2.16. The maximum Gasteiger partial charge on any atom is 0.404 e. The largest absolute Gasteiger partial charge is 0.465 e. The van der Waals surface area contributed by atoms with Crippen LogP contribution in [-0.4, -0.2) is 65.3 Å². The summed E-state index contributed by atoms with van der Waals surface area (Å²) in [5.74, 6) is 0. The van der Waals surface area contributed by atoms with Crippen LogP contribution in [0.1, 0.15) is 5.69 Å². The van der Waals surface area contributed by atoms with Crippen molar-refractivity contribution in [3.05, 3.63) is 30.1 Å². The van der Waals surface area contributed by atoms with Crippen molar-refractivity contribution in [2.75, 3.05) is 39.3 Å². The van der Waals surface area contributed by atoms with Crippen LogP contribution in [0.15, 0.2) is 24.4 Å². The highest BCUT2D eigenvalue weighted by Crippen LogP contribution is 2.05. The third kappa shape index (κ3) is 4.84. The Morgan fingerprint density at radius 1 is 1.26 bits per heavy atom. The van der Waals surface area contributed by atoms with Crippen LogP contribution in [0.5, 0.6) is 0 Å². The summed E-state index contributed by atoms with van der Waals surface area (Å²) in [5.41, 5.74) is 1.10. The molecule has 0 aromatic carbocycles. The molecule has 1 aromatic rings. The van der Waals surface area contributed by atoms with Gasteiger partial charge < -0.3 is 10.4 Å². The zero-order valence-electron chi connectivity index (χ0n) is 11.0. The van der Waals surface area contributed by atoms with Crippen LogP contribution in [-0.2, 0) is 6.54 Å². The molecular weight excluding hydrogens is 244 g/mol. The Labute approximate surface area is 113 Å². The highest BCUT2D eigenvalue weighted by atomic mass is 16.4. The summed E-state index contributed by atoms with van der Waals surface area (Å²) < 4.78 is 0. The fraction of sp³-hybridized carbons (Fsp3) is 0.538. The number of carboxylic acid groups (broad SMARTS) is 1. The van der Waals surface area contributed by atoms with Gasteiger partial charge in [0.2, 0.25) is 0 Å². The van der Waals surface area contributed by atoms with Crippen molar-refractivity contribution in [1.82, 2.24) is 20.1 Å².